The van der Waals surface area contributed by atoms with Crippen molar-refractivity contribution >= 4 is 5.95 Å². The lowest BCUT2D eigenvalue weighted by atomic mass is 9.90. The first-order valence-electron chi connectivity index (χ1n) is 6.77. The van der Waals surface area contributed by atoms with E-state index in [0.717, 1.165) is 37.6 Å². The Kier molecular flexibility index (Phi) is 3.40. The Labute approximate surface area is 113 Å². The van der Waals surface area contributed by atoms with Crippen LogP contribution in [0.2, 0.25) is 0 Å². The summed E-state index contributed by atoms with van der Waals surface area (Å²) in [5, 5.41) is 0. The van der Waals surface area contributed by atoms with Crippen LogP contribution in [0.4, 0.5) is 5.95 Å². The second-order valence-corrected chi connectivity index (χ2v) is 5.04. The van der Waals surface area contributed by atoms with Gasteiger partial charge in [-0.1, -0.05) is 0 Å². The quantitative estimate of drug-likeness (QED) is 0.826. The zero-order valence-corrected chi connectivity index (χ0v) is 11.2. The van der Waals surface area contributed by atoms with Crippen molar-refractivity contribution in [2.45, 2.75) is 25.7 Å². The molecule has 1 saturated heterocycles. The molecule has 1 aliphatic heterocycles. The van der Waals surface area contributed by atoms with Crippen molar-refractivity contribution in [3.05, 3.63) is 48.0 Å². The lowest BCUT2D eigenvalue weighted by molar-refractivity contribution is 0.499. The van der Waals surface area contributed by atoms with Crippen LogP contribution in [0.5, 0.6) is 0 Å². The van der Waals surface area contributed by atoms with Crippen molar-refractivity contribution in [3.8, 4) is 0 Å². The van der Waals surface area contributed by atoms with Crippen molar-refractivity contribution in [2.24, 2.45) is 0 Å². The predicted molar refractivity (Wildman–Crippen MR) is 75.2 cm³/mol. The van der Waals surface area contributed by atoms with E-state index in [9.17, 15) is 0 Å². The van der Waals surface area contributed by atoms with E-state index in [1.165, 1.54) is 5.56 Å². The molecule has 1 aliphatic rings. The van der Waals surface area contributed by atoms with Crippen LogP contribution in [0.1, 0.15) is 30.0 Å². The smallest absolute Gasteiger partial charge is 0.225 e. The molecule has 2 aromatic heterocycles. The number of anilines is 1. The van der Waals surface area contributed by atoms with Gasteiger partial charge in [0.1, 0.15) is 0 Å². The van der Waals surface area contributed by atoms with E-state index in [1.54, 1.807) is 0 Å². The van der Waals surface area contributed by atoms with Gasteiger partial charge in [-0.15, -0.1) is 0 Å². The molecular formula is C15H18N4. The molecule has 0 aliphatic carbocycles. The lowest BCUT2D eigenvalue weighted by Gasteiger charge is -2.32. The highest BCUT2D eigenvalue weighted by molar-refractivity contribution is 5.32. The van der Waals surface area contributed by atoms with E-state index in [4.69, 9.17) is 0 Å². The first-order valence-corrected chi connectivity index (χ1v) is 6.77. The van der Waals surface area contributed by atoms with Gasteiger partial charge in [0.25, 0.3) is 0 Å². The zero-order chi connectivity index (χ0) is 13.1. The highest BCUT2D eigenvalue weighted by atomic mass is 15.2. The molecule has 3 rings (SSSR count). The second kappa shape index (κ2) is 5.34. The van der Waals surface area contributed by atoms with Crippen molar-refractivity contribution < 1.29 is 0 Å². The fraction of sp³-hybridized carbons (Fsp3) is 0.400. The third-order valence-electron chi connectivity index (χ3n) is 3.74. The first-order chi connectivity index (χ1) is 9.33. The maximum Gasteiger partial charge on any atom is 0.225 e. The highest BCUT2D eigenvalue weighted by Gasteiger charge is 2.21. The molecule has 0 bridgehead atoms. The van der Waals surface area contributed by atoms with Crippen molar-refractivity contribution in [1.82, 2.24) is 15.0 Å². The molecule has 0 atom stereocenters. The molecule has 0 radical (unpaired) electrons. The lowest BCUT2D eigenvalue weighted by Crippen LogP contribution is -2.34. The van der Waals surface area contributed by atoms with Gasteiger partial charge in [0.15, 0.2) is 0 Å². The fourth-order valence-corrected chi connectivity index (χ4v) is 2.64. The Balaban J connectivity index is 1.67. The molecule has 0 amide bonds. The van der Waals surface area contributed by atoms with Crippen LogP contribution in [0.15, 0.2) is 36.8 Å². The van der Waals surface area contributed by atoms with E-state index in [2.05, 4.69) is 32.0 Å². The summed E-state index contributed by atoms with van der Waals surface area (Å²) in [6.45, 7) is 4.06. The van der Waals surface area contributed by atoms with E-state index < -0.39 is 0 Å². The first kappa shape index (κ1) is 12.1. The van der Waals surface area contributed by atoms with Gasteiger partial charge >= 0.3 is 0 Å². The molecule has 0 N–H and O–H groups in total. The minimum absolute atomic E-state index is 0.643. The third-order valence-corrected chi connectivity index (χ3v) is 3.74. The van der Waals surface area contributed by atoms with Gasteiger partial charge in [0.2, 0.25) is 5.95 Å². The summed E-state index contributed by atoms with van der Waals surface area (Å²) < 4.78 is 0. The number of rotatable bonds is 2. The van der Waals surface area contributed by atoms with Gasteiger partial charge in [-0.3, -0.25) is 4.98 Å². The SMILES string of the molecule is Cc1ccnc(N2CCC(c3ccncc3)CC2)n1. The molecule has 1 fully saturated rings. The van der Waals surface area contributed by atoms with Crippen molar-refractivity contribution in [2.75, 3.05) is 18.0 Å². The van der Waals surface area contributed by atoms with E-state index in [1.807, 2.05) is 31.6 Å². The van der Waals surface area contributed by atoms with Gasteiger partial charge in [-0.2, -0.15) is 0 Å². The van der Waals surface area contributed by atoms with E-state index >= 15 is 0 Å². The number of aryl methyl sites for hydroxylation is 1. The summed E-state index contributed by atoms with van der Waals surface area (Å²) in [6, 6.07) is 6.19. The minimum atomic E-state index is 0.643. The third kappa shape index (κ3) is 2.72. The monoisotopic (exact) mass is 254 g/mol. The van der Waals surface area contributed by atoms with Crippen LogP contribution in [0, 0.1) is 6.92 Å². The topological polar surface area (TPSA) is 41.9 Å². The molecule has 2 aromatic rings. The minimum Gasteiger partial charge on any atom is -0.341 e. The highest BCUT2D eigenvalue weighted by Crippen LogP contribution is 2.28. The van der Waals surface area contributed by atoms with Crippen molar-refractivity contribution in [3.63, 3.8) is 0 Å². The maximum absolute atomic E-state index is 4.50. The Bertz CT molecular complexity index is 533. The number of piperidine rings is 1. The Morgan fingerprint density at radius 2 is 1.79 bits per heavy atom. The molecule has 4 heteroatoms. The number of hydrogen-bond acceptors (Lipinski definition) is 4. The summed E-state index contributed by atoms with van der Waals surface area (Å²) >= 11 is 0. The Morgan fingerprint density at radius 1 is 1.05 bits per heavy atom. The van der Waals surface area contributed by atoms with Crippen LogP contribution in [0.25, 0.3) is 0 Å². The predicted octanol–water partition coefficient (Wildman–Crippen LogP) is 2.56. The van der Waals surface area contributed by atoms with Gasteiger partial charge in [0.05, 0.1) is 0 Å². The number of nitrogens with zero attached hydrogens (tertiary/aromatic N) is 4. The number of pyridine rings is 1. The molecule has 4 nitrogen and oxygen atoms in total. The molecule has 98 valence electrons. The Morgan fingerprint density at radius 3 is 2.47 bits per heavy atom. The molecule has 0 aromatic carbocycles. The average molecular weight is 254 g/mol. The molecular weight excluding hydrogens is 236 g/mol. The van der Waals surface area contributed by atoms with Crippen LogP contribution < -0.4 is 4.90 Å². The fourth-order valence-electron chi connectivity index (χ4n) is 2.64. The molecule has 0 unspecified atom stereocenters. The van der Waals surface area contributed by atoms with Crippen LogP contribution in [0.3, 0.4) is 0 Å². The normalized spacial score (nSPS) is 16.6. The van der Waals surface area contributed by atoms with Crippen LogP contribution >= 0.6 is 0 Å². The van der Waals surface area contributed by atoms with Gasteiger partial charge in [0, 0.05) is 37.4 Å². The largest absolute Gasteiger partial charge is 0.341 e. The van der Waals surface area contributed by atoms with Crippen LogP contribution in [-0.2, 0) is 0 Å². The van der Waals surface area contributed by atoms with Crippen molar-refractivity contribution in [1.29, 1.82) is 0 Å². The molecule has 0 spiro atoms. The molecule has 19 heavy (non-hydrogen) atoms. The summed E-state index contributed by atoms with van der Waals surface area (Å²) in [4.78, 5) is 15.2. The number of hydrogen-bond donors (Lipinski definition) is 0. The summed E-state index contributed by atoms with van der Waals surface area (Å²) in [7, 11) is 0. The van der Waals surface area contributed by atoms with Gasteiger partial charge in [-0.05, 0) is 49.4 Å². The Hall–Kier alpha value is -1.97. The van der Waals surface area contributed by atoms with Gasteiger partial charge in [-0.25, -0.2) is 9.97 Å². The van der Waals surface area contributed by atoms with Crippen LogP contribution in [-0.4, -0.2) is 28.0 Å². The summed E-state index contributed by atoms with van der Waals surface area (Å²) in [5.41, 5.74) is 2.43. The molecule has 3 heterocycles. The average Bonchev–Trinajstić information content (AvgIpc) is 2.48. The molecule has 0 saturated carbocycles. The van der Waals surface area contributed by atoms with E-state index in [-0.39, 0.29) is 0 Å². The van der Waals surface area contributed by atoms with E-state index in [0.29, 0.717) is 5.92 Å². The second-order valence-electron chi connectivity index (χ2n) is 5.04. The van der Waals surface area contributed by atoms with Gasteiger partial charge < -0.3 is 4.90 Å². The maximum atomic E-state index is 4.50. The summed E-state index contributed by atoms with van der Waals surface area (Å²) in [5.74, 6) is 1.51. The standard InChI is InChI=1S/C15H18N4/c1-12-2-9-17-15(18-12)19-10-5-14(6-11-19)13-3-7-16-8-4-13/h2-4,7-9,14H,5-6,10-11H2,1H3. The number of aromatic nitrogens is 3. The summed E-state index contributed by atoms with van der Waals surface area (Å²) in [6.07, 6.45) is 7.91. The zero-order valence-electron chi connectivity index (χ0n) is 11.2.